The molecule has 0 aliphatic heterocycles. The van der Waals surface area contributed by atoms with Gasteiger partial charge in [-0.15, -0.1) is 0 Å². The number of sulfonamides is 1. The molecule has 5 nitrogen and oxygen atoms in total. The molecule has 0 spiro atoms. The molecule has 0 atom stereocenters. The van der Waals surface area contributed by atoms with Crippen molar-refractivity contribution in [3.63, 3.8) is 0 Å². The number of carboxylic acid groups (broad SMARTS) is 1. The molecule has 0 aliphatic carbocycles. The van der Waals surface area contributed by atoms with Crippen molar-refractivity contribution in [2.24, 2.45) is 5.41 Å². The van der Waals surface area contributed by atoms with E-state index in [4.69, 9.17) is 5.11 Å². The number of nitrogens with one attached hydrogen (secondary N) is 1. The fourth-order valence-electron chi connectivity index (χ4n) is 1.42. The zero-order chi connectivity index (χ0) is 15.6. The number of aromatic carboxylic acids is 1. The molecule has 0 saturated carbocycles. The van der Waals surface area contributed by atoms with Crippen LogP contribution in [0.2, 0.25) is 0 Å². The lowest BCUT2D eigenvalue weighted by Crippen LogP contribution is -2.21. The molecule has 0 saturated heterocycles. The lowest BCUT2D eigenvalue weighted by Gasteiger charge is -2.18. The first-order valence-electron chi connectivity index (χ1n) is 6.03. The zero-order valence-corrected chi connectivity index (χ0v) is 12.4. The Hall–Kier alpha value is -1.63. The zero-order valence-electron chi connectivity index (χ0n) is 11.6. The summed E-state index contributed by atoms with van der Waals surface area (Å²) in [5.41, 5.74) is -0.614. The standard InChI is InChI=1S/C13H18FNO4S/c1-13(2,3)6-7-20(18,19)15-9-4-5-10(12(16)17)11(14)8-9/h4-5,8,15H,6-7H2,1-3H3,(H,16,17). The van der Waals surface area contributed by atoms with Crippen LogP contribution in [0.1, 0.15) is 37.6 Å². The highest BCUT2D eigenvalue weighted by atomic mass is 32.2. The van der Waals surface area contributed by atoms with Gasteiger partial charge in [0, 0.05) is 0 Å². The number of halogens is 1. The maximum Gasteiger partial charge on any atom is 0.338 e. The van der Waals surface area contributed by atoms with Gasteiger partial charge in [0.2, 0.25) is 10.0 Å². The average Bonchev–Trinajstić information content (AvgIpc) is 2.24. The highest BCUT2D eigenvalue weighted by molar-refractivity contribution is 7.92. The monoisotopic (exact) mass is 303 g/mol. The van der Waals surface area contributed by atoms with Gasteiger partial charge < -0.3 is 5.11 Å². The summed E-state index contributed by atoms with van der Waals surface area (Å²) in [6.45, 7) is 5.76. The summed E-state index contributed by atoms with van der Waals surface area (Å²) in [7, 11) is -3.58. The third-order valence-corrected chi connectivity index (χ3v) is 3.88. The molecule has 112 valence electrons. The second-order valence-corrected chi connectivity index (χ2v) is 7.57. The van der Waals surface area contributed by atoms with Gasteiger partial charge in [-0.2, -0.15) is 0 Å². The molecular weight excluding hydrogens is 285 g/mol. The fourth-order valence-corrected chi connectivity index (χ4v) is 2.89. The summed E-state index contributed by atoms with van der Waals surface area (Å²) in [6.07, 6.45) is 0.456. The van der Waals surface area contributed by atoms with Crippen LogP contribution in [0.3, 0.4) is 0 Å². The molecule has 0 fully saturated rings. The minimum atomic E-state index is -3.58. The number of hydrogen-bond acceptors (Lipinski definition) is 3. The first-order valence-corrected chi connectivity index (χ1v) is 7.69. The molecule has 1 aromatic carbocycles. The van der Waals surface area contributed by atoms with Crippen LogP contribution < -0.4 is 4.72 Å². The Morgan fingerprint density at radius 2 is 1.95 bits per heavy atom. The van der Waals surface area contributed by atoms with Gasteiger partial charge in [-0.1, -0.05) is 20.8 Å². The molecule has 0 heterocycles. The second kappa shape index (κ2) is 5.78. The molecule has 20 heavy (non-hydrogen) atoms. The van der Waals surface area contributed by atoms with Crippen molar-refractivity contribution in [2.45, 2.75) is 27.2 Å². The lowest BCUT2D eigenvalue weighted by atomic mass is 9.94. The Balaban J connectivity index is 2.83. The van der Waals surface area contributed by atoms with E-state index in [1.165, 1.54) is 6.07 Å². The molecule has 0 radical (unpaired) electrons. The van der Waals surface area contributed by atoms with E-state index in [2.05, 4.69) is 4.72 Å². The molecule has 0 aliphatic rings. The van der Waals surface area contributed by atoms with Crippen LogP contribution in [0.4, 0.5) is 10.1 Å². The van der Waals surface area contributed by atoms with Crippen molar-refractivity contribution < 1.29 is 22.7 Å². The normalized spacial score (nSPS) is 12.2. The Morgan fingerprint density at radius 1 is 1.35 bits per heavy atom. The number of carboxylic acids is 1. The molecule has 0 bridgehead atoms. The van der Waals surface area contributed by atoms with E-state index in [0.717, 1.165) is 12.1 Å². The molecule has 7 heteroatoms. The summed E-state index contributed by atoms with van der Waals surface area (Å²) >= 11 is 0. The van der Waals surface area contributed by atoms with E-state index in [9.17, 15) is 17.6 Å². The van der Waals surface area contributed by atoms with E-state index in [1.807, 2.05) is 20.8 Å². The van der Waals surface area contributed by atoms with E-state index in [-0.39, 0.29) is 16.9 Å². The van der Waals surface area contributed by atoms with Crippen LogP contribution in [-0.2, 0) is 10.0 Å². The highest BCUT2D eigenvalue weighted by Crippen LogP contribution is 2.21. The van der Waals surface area contributed by atoms with Crippen molar-refractivity contribution in [1.82, 2.24) is 0 Å². The van der Waals surface area contributed by atoms with Crippen LogP contribution in [0.15, 0.2) is 18.2 Å². The molecule has 1 aromatic rings. The number of benzene rings is 1. The molecule has 0 unspecified atom stereocenters. The molecule has 0 amide bonds. The van der Waals surface area contributed by atoms with Crippen LogP contribution >= 0.6 is 0 Å². The maximum atomic E-state index is 13.4. The summed E-state index contributed by atoms with van der Waals surface area (Å²) in [5.74, 6) is -2.46. The molecule has 2 N–H and O–H groups in total. The predicted molar refractivity (Wildman–Crippen MR) is 74.8 cm³/mol. The highest BCUT2D eigenvalue weighted by Gasteiger charge is 2.18. The molecule has 1 rings (SSSR count). The number of carbonyl (C=O) groups is 1. The van der Waals surface area contributed by atoms with Gasteiger partial charge in [0.05, 0.1) is 17.0 Å². The summed E-state index contributed by atoms with van der Waals surface area (Å²) in [4.78, 5) is 10.7. The third-order valence-electron chi connectivity index (χ3n) is 2.59. The van der Waals surface area contributed by atoms with E-state index < -0.39 is 27.4 Å². The van der Waals surface area contributed by atoms with E-state index in [0.29, 0.717) is 6.42 Å². The van der Waals surface area contributed by atoms with E-state index in [1.54, 1.807) is 0 Å². The van der Waals surface area contributed by atoms with Crippen LogP contribution in [-0.4, -0.2) is 25.2 Å². The van der Waals surface area contributed by atoms with Crippen LogP contribution in [0.5, 0.6) is 0 Å². The Bertz CT molecular complexity index is 605. The number of anilines is 1. The van der Waals surface area contributed by atoms with E-state index >= 15 is 0 Å². The second-order valence-electron chi connectivity index (χ2n) is 5.73. The van der Waals surface area contributed by atoms with Crippen molar-refractivity contribution in [3.05, 3.63) is 29.6 Å². The lowest BCUT2D eigenvalue weighted by molar-refractivity contribution is 0.0692. The van der Waals surface area contributed by atoms with Gasteiger partial charge >= 0.3 is 5.97 Å². The average molecular weight is 303 g/mol. The number of hydrogen-bond donors (Lipinski definition) is 2. The molecular formula is C13H18FNO4S. The summed E-state index contributed by atoms with van der Waals surface area (Å²) < 4.78 is 39.3. The van der Waals surface area contributed by atoms with Gasteiger partial charge in [0.15, 0.2) is 0 Å². The Kier molecular flexibility index (Phi) is 4.75. The fraction of sp³-hybridized carbons (Fsp3) is 0.462. The van der Waals surface area contributed by atoms with Gasteiger partial charge in [0.1, 0.15) is 5.82 Å². The topological polar surface area (TPSA) is 83.5 Å². The largest absolute Gasteiger partial charge is 0.478 e. The number of rotatable bonds is 5. The van der Waals surface area contributed by atoms with Gasteiger partial charge in [-0.05, 0) is 30.0 Å². The van der Waals surface area contributed by atoms with Crippen molar-refractivity contribution >= 4 is 21.7 Å². The molecule has 0 aromatic heterocycles. The van der Waals surface area contributed by atoms with Gasteiger partial charge in [0.25, 0.3) is 0 Å². The van der Waals surface area contributed by atoms with Crippen LogP contribution in [0, 0.1) is 11.2 Å². The van der Waals surface area contributed by atoms with Gasteiger partial charge in [-0.3, -0.25) is 4.72 Å². The smallest absolute Gasteiger partial charge is 0.338 e. The van der Waals surface area contributed by atoms with Gasteiger partial charge in [-0.25, -0.2) is 17.6 Å². The first-order chi connectivity index (χ1) is 9.00. The first kappa shape index (κ1) is 16.4. The minimum Gasteiger partial charge on any atom is -0.478 e. The van der Waals surface area contributed by atoms with Crippen molar-refractivity contribution in [2.75, 3.05) is 10.5 Å². The maximum absolute atomic E-state index is 13.4. The Morgan fingerprint density at radius 3 is 2.40 bits per heavy atom. The summed E-state index contributed by atoms with van der Waals surface area (Å²) in [5, 5.41) is 8.68. The van der Waals surface area contributed by atoms with Crippen LogP contribution in [0.25, 0.3) is 0 Å². The van der Waals surface area contributed by atoms with Crippen molar-refractivity contribution in [3.8, 4) is 0 Å². The SMILES string of the molecule is CC(C)(C)CCS(=O)(=O)Nc1ccc(C(=O)O)c(F)c1. The Labute approximate surface area is 117 Å². The minimum absolute atomic E-state index is 0.0152. The third kappa shape index (κ3) is 5.16. The predicted octanol–water partition coefficient (Wildman–Crippen LogP) is 2.70. The van der Waals surface area contributed by atoms with Crippen molar-refractivity contribution in [1.29, 1.82) is 0 Å². The summed E-state index contributed by atoms with van der Waals surface area (Å²) in [6, 6.07) is 3.11. The quantitative estimate of drug-likeness (QED) is 0.876.